The molecular weight excluding hydrogens is 342 g/mol. The molecular formula is C21H23N3O3. The quantitative estimate of drug-likeness (QED) is 0.673. The van der Waals surface area contributed by atoms with Crippen LogP contribution in [-0.4, -0.2) is 21.5 Å². The van der Waals surface area contributed by atoms with Crippen molar-refractivity contribution < 1.29 is 4.79 Å². The molecule has 1 aromatic heterocycles. The van der Waals surface area contributed by atoms with E-state index in [0.717, 1.165) is 17.4 Å². The maximum atomic E-state index is 12.5. The highest BCUT2D eigenvalue weighted by Gasteiger charge is 2.11. The van der Waals surface area contributed by atoms with E-state index in [-0.39, 0.29) is 30.5 Å². The van der Waals surface area contributed by atoms with Crippen LogP contribution in [0.25, 0.3) is 10.9 Å². The molecule has 0 aliphatic carbocycles. The number of fused-ring (bicyclic) bond motifs is 1. The van der Waals surface area contributed by atoms with Crippen molar-refractivity contribution in [2.75, 3.05) is 0 Å². The lowest BCUT2D eigenvalue weighted by atomic mass is 10.1. The van der Waals surface area contributed by atoms with Crippen LogP contribution in [0, 0.1) is 0 Å². The highest BCUT2D eigenvalue weighted by atomic mass is 16.2. The monoisotopic (exact) mass is 365 g/mol. The number of amides is 1. The summed E-state index contributed by atoms with van der Waals surface area (Å²) < 4.78 is 1.08. The fraction of sp³-hybridized carbons (Fsp3) is 0.286. The van der Waals surface area contributed by atoms with Gasteiger partial charge in [0.25, 0.3) is 5.56 Å². The normalized spacial score (nSPS) is 12.0. The van der Waals surface area contributed by atoms with E-state index in [9.17, 15) is 14.4 Å². The number of carbonyl (C=O) groups is 1. The lowest BCUT2D eigenvalue weighted by molar-refractivity contribution is -0.121. The summed E-state index contributed by atoms with van der Waals surface area (Å²) in [5.74, 6) is -0.171. The van der Waals surface area contributed by atoms with Crippen molar-refractivity contribution >= 4 is 16.8 Å². The van der Waals surface area contributed by atoms with Gasteiger partial charge in [0.15, 0.2) is 0 Å². The van der Waals surface area contributed by atoms with Crippen molar-refractivity contribution in [3.05, 3.63) is 81.0 Å². The molecule has 0 aliphatic heterocycles. The molecule has 0 saturated carbocycles. The summed E-state index contributed by atoms with van der Waals surface area (Å²) in [7, 11) is 0. The molecule has 2 N–H and O–H groups in total. The van der Waals surface area contributed by atoms with Gasteiger partial charge in [0.05, 0.1) is 10.9 Å². The van der Waals surface area contributed by atoms with Crippen molar-refractivity contribution in [2.45, 2.75) is 38.8 Å². The van der Waals surface area contributed by atoms with Crippen LogP contribution in [0.1, 0.15) is 25.3 Å². The van der Waals surface area contributed by atoms with Gasteiger partial charge in [0.1, 0.15) is 0 Å². The largest absolute Gasteiger partial charge is 0.354 e. The first kappa shape index (κ1) is 18.6. The third-order valence-electron chi connectivity index (χ3n) is 4.57. The molecule has 0 bridgehead atoms. The molecule has 1 heterocycles. The number of benzene rings is 2. The van der Waals surface area contributed by atoms with Crippen LogP contribution in [0.2, 0.25) is 0 Å². The Hall–Kier alpha value is -3.15. The Bertz CT molecular complexity index is 1040. The zero-order chi connectivity index (χ0) is 19.2. The van der Waals surface area contributed by atoms with E-state index >= 15 is 0 Å². The summed E-state index contributed by atoms with van der Waals surface area (Å²) in [6.45, 7) is 2.01. The molecule has 140 valence electrons. The van der Waals surface area contributed by atoms with Crippen molar-refractivity contribution in [1.29, 1.82) is 0 Å². The average molecular weight is 365 g/mol. The van der Waals surface area contributed by atoms with Crippen LogP contribution in [0.15, 0.2) is 64.2 Å². The number of hydrogen-bond acceptors (Lipinski definition) is 3. The molecule has 0 unspecified atom stereocenters. The van der Waals surface area contributed by atoms with E-state index in [1.165, 1.54) is 5.56 Å². The number of nitrogens with zero attached hydrogens (tertiary/aromatic N) is 1. The SMILES string of the molecule is C[C@H](CCc1ccccc1)NC(=O)CCn1c(=O)[nH]c2ccccc2c1=O. The van der Waals surface area contributed by atoms with Gasteiger partial charge in [0, 0.05) is 19.0 Å². The number of hydrogen-bond donors (Lipinski definition) is 2. The average Bonchev–Trinajstić information content (AvgIpc) is 2.67. The topological polar surface area (TPSA) is 84.0 Å². The minimum absolute atomic E-state index is 0.0179. The van der Waals surface area contributed by atoms with Gasteiger partial charge in [-0.15, -0.1) is 0 Å². The number of nitrogens with one attached hydrogen (secondary N) is 2. The number of para-hydroxylation sites is 1. The second-order valence-electron chi connectivity index (χ2n) is 6.68. The molecule has 0 spiro atoms. The molecule has 2 aromatic carbocycles. The zero-order valence-corrected chi connectivity index (χ0v) is 15.3. The van der Waals surface area contributed by atoms with E-state index in [0.29, 0.717) is 10.9 Å². The molecule has 3 rings (SSSR count). The third-order valence-corrected chi connectivity index (χ3v) is 4.57. The highest BCUT2D eigenvalue weighted by molar-refractivity contribution is 5.77. The minimum Gasteiger partial charge on any atom is -0.354 e. The number of aryl methyl sites for hydroxylation is 1. The van der Waals surface area contributed by atoms with E-state index in [2.05, 4.69) is 22.4 Å². The predicted octanol–water partition coefficient (Wildman–Crippen LogP) is 2.22. The van der Waals surface area contributed by atoms with E-state index in [4.69, 9.17) is 0 Å². The van der Waals surface area contributed by atoms with Crippen LogP contribution < -0.4 is 16.6 Å². The highest BCUT2D eigenvalue weighted by Crippen LogP contribution is 2.05. The van der Waals surface area contributed by atoms with Gasteiger partial charge in [0.2, 0.25) is 5.91 Å². The number of aromatic nitrogens is 2. The second-order valence-corrected chi connectivity index (χ2v) is 6.68. The van der Waals surface area contributed by atoms with E-state index < -0.39 is 5.69 Å². The van der Waals surface area contributed by atoms with Gasteiger partial charge in [-0.2, -0.15) is 0 Å². The predicted molar refractivity (Wildman–Crippen MR) is 106 cm³/mol. The van der Waals surface area contributed by atoms with Crippen LogP contribution in [-0.2, 0) is 17.8 Å². The smallest absolute Gasteiger partial charge is 0.328 e. The van der Waals surface area contributed by atoms with Crippen molar-refractivity contribution in [2.24, 2.45) is 0 Å². The summed E-state index contributed by atoms with van der Waals surface area (Å²) in [5.41, 5.74) is 0.860. The van der Waals surface area contributed by atoms with Gasteiger partial charge in [-0.25, -0.2) is 4.79 Å². The number of carbonyl (C=O) groups excluding carboxylic acids is 1. The van der Waals surface area contributed by atoms with Crippen LogP contribution >= 0.6 is 0 Å². The van der Waals surface area contributed by atoms with Gasteiger partial charge in [-0.3, -0.25) is 14.2 Å². The number of H-pyrrole nitrogens is 1. The molecule has 1 atom stereocenters. The molecule has 0 saturated heterocycles. The lowest BCUT2D eigenvalue weighted by Crippen LogP contribution is -2.38. The molecule has 6 nitrogen and oxygen atoms in total. The maximum absolute atomic E-state index is 12.5. The molecule has 6 heteroatoms. The summed E-state index contributed by atoms with van der Waals surface area (Å²) >= 11 is 0. The van der Waals surface area contributed by atoms with E-state index in [1.54, 1.807) is 24.3 Å². The molecule has 27 heavy (non-hydrogen) atoms. The summed E-state index contributed by atoms with van der Waals surface area (Å²) in [5, 5.41) is 3.37. The fourth-order valence-corrected chi connectivity index (χ4v) is 3.06. The van der Waals surface area contributed by atoms with Crippen LogP contribution in [0.3, 0.4) is 0 Å². The number of aromatic amines is 1. The Kier molecular flexibility index (Phi) is 5.86. The molecule has 0 radical (unpaired) electrons. The summed E-state index contributed by atoms with van der Waals surface area (Å²) in [6, 6.07) is 17.0. The zero-order valence-electron chi connectivity index (χ0n) is 15.3. The van der Waals surface area contributed by atoms with Crippen molar-refractivity contribution in [1.82, 2.24) is 14.9 Å². The Morgan fingerprint density at radius 1 is 1.07 bits per heavy atom. The minimum atomic E-state index is -0.497. The van der Waals surface area contributed by atoms with Crippen molar-refractivity contribution in [3.8, 4) is 0 Å². The summed E-state index contributed by atoms with van der Waals surface area (Å²) in [6.07, 6.45) is 1.79. The van der Waals surface area contributed by atoms with E-state index in [1.807, 2.05) is 25.1 Å². The van der Waals surface area contributed by atoms with Gasteiger partial charge >= 0.3 is 5.69 Å². The standard InChI is InChI=1S/C21H23N3O3/c1-15(11-12-16-7-3-2-4-8-16)22-19(25)13-14-24-20(26)17-9-5-6-10-18(17)23-21(24)27/h2-10,15H,11-14H2,1H3,(H,22,25)(H,23,27)/t15-/m1/s1. The second kappa shape index (κ2) is 8.49. The molecule has 0 aliphatic rings. The molecule has 0 fully saturated rings. The Labute approximate surface area is 156 Å². The molecule has 3 aromatic rings. The van der Waals surface area contributed by atoms with Gasteiger partial charge in [-0.05, 0) is 37.5 Å². The van der Waals surface area contributed by atoms with Gasteiger partial charge < -0.3 is 10.3 Å². The third kappa shape index (κ3) is 4.73. The number of rotatable bonds is 7. The van der Waals surface area contributed by atoms with Crippen molar-refractivity contribution in [3.63, 3.8) is 0 Å². The Morgan fingerprint density at radius 3 is 2.56 bits per heavy atom. The maximum Gasteiger partial charge on any atom is 0.328 e. The molecule has 1 amide bonds. The fourth-order valence-electron chi connectivity index (χ4n) is 3.06. The van der Waals surface area contributed by atoms with Crippen LogP contribution in [0.4, 0.5) is 0 Å². The first-order valence-electron chi connectivity index (χ1n) is 9.10. The lowest BCUT2D eigenvalue weighted by Gasteiger charge is -2.14. The Morgan fingerprint density at radius 2 is 1.78 bits per heavy atom. The first-order chi connectivity index (χ1) is 13.0. The Balaban J connectivity index is 1.57. The first-order valence-corrected chi connectivity index (χ1v) is 9.10. The van der Waals surface area contributed by atoms with Gasteiger partial charge in [-0.1, -0.05) is 42.5 Å². The van der Waals surface area contributed by atoms with Crippen LogP contribution in [0.5, 0.6) is 0 Å². The summed E-state index contributed by atoms with van der Waals surface area (Å²) in [4.78, 5) is 39.4.